The summed E-state index contributed by atoms with van der Waals surface area (Å²) in [7, 11) is -1.86. The fourth-order valence-electron chi connectivity index (χ4n) is 3.09. The van der Waals surface area contributed by atoms with Gasteiger partial charge in [0.15, 0.2) is 6.10 Å². The number of benzene rings is 3. The Hall–Kier alpha value is -3.32. The fraction of sp³-hybridized carbons (Fsp3) is 0.208. The summed E-state index contributed by atoms with van der Waals surface area (Å²) in [6, 6.07) is 24.1. The summed E-state index contributed by atoms with van der Waals surface area (Å²) in [5.41, 5.74) is 3.17. The first-order valence-corrected chi connectivity index (χ1v) is 11.8. The van der Waals surface area contributed by atoms with Crippen molar-refractivity contribution in [2.45, 2.75) is 19.4 Å². The van der Waals surface area contributed by atoms with Gasteiger partial charge in [-0.2, -0.15) is 0 Å². The molecule has 0 fully saturated rings. The normalized spacial score (nSPS) is 12.1. The predicted octanol–water partition coefficient (Wildman–Crippen LogP) is 4.55. The second-order valence-corrected chi connectivity index (χ2v) is 9.15. The summed E-state index contributed by atoms with van der Waals surface area (Å²) in [5.74, 6) is 0.243. The number of amides is 1. The SMILES string of the molecule is CCC(Oc1ccc(N(C)S(C)(=O)=O)cc1)C(=O)Nc1ccccc1-c1ccccc1. The number of rotatable bonds is 8. The molecule has 0 aliphatic rings. The van der Waals surface area contributed by atoms with Crippen LogP contribution in [0.4, 0.5) is 11.4 Å². The summed E-state index contributed by atoms with van der Waals surface area (Å²) in [6.45, 7) is 1.87. The third-order valence-corrected chi connectivity index (χ3v) is 6.11. The van der Waals surface area contributed by atoms with Crippen LogP contribution >= 0.6 is 0 Å². The first-order chi connectivity index (χ1) is 14.8. The molecule has 0 aliphatic carbocycles. The average molecular weight is 439 g/mol. The molecule has 1 unspecified atom stereocenters. The van der Waals surface area contributed by atoms with Crippen molar-refractivity contribution < 1.29 is 17.9 Å². The molecule has 0 saturated heterocycles. The Morgan fingerprint density at radius 2 is 1.58 bits per heavy atom. The third-order valence-electron chi connectivity index (χ3n) is 4.91. The molecule has 0 radical (unpaired) electrons. The summed E-state index contributed by atoms with van der Waals surface area (Å²) in [5, 5.41) is 2.98. The van der Waals surface area contributed by atoms with E-state index >= 15 is 0 Å². The summed E-state index contributed by atoms with van der Waals surface area (Å²) in [4.78, 5) is 12.9. The summed E-state index contributed by atoms with van der Waals surface area (Å²) < 4.78 is 30.4. The number of nitrogens with zero attached hydrogens (tertiary/aromatic N) is 1. The number of carbonyl (C=O) groups excluding carboxylic acids is 1. The van der Waals surface area contributed by atoms with Gasteiger partial charge < -0.3 is 10.1 Å². The molecule has 1 atom stereocenters. The van der Waals surface area contributed by atoms with Crippen LogP contribution in [0, 0.1) is 0 Å². The molecule has 6 nitrogen and oxygen atoms in total. The van der Waals surface area contributed by atoms with Gasteiger partial charge in [0.2, 0.25) is 10.0 Å². The first-order valence-electron chi connectivity index (χ1n) is 9.95. The lowest BCUT2D eigenvalue weighted by atomic mass is 10.0. The van der Waals surface area contributed by atoms with Gasteiger partial charge >= 0.3 is 0 Å². The summed E-state index contributed by atoms with van der Waals surface area (Å²) >= 11 is 0. The van der Waals surface area contributed by atoms with Crippen LogP contribution in [0.15, 0.2) is 78.9 Å². The highest BCUT2D eigenvalue weighted by atomic mass is 32.2. The quantitative estimate of drug-likeness (QED) is 0.560. The van der Waals surface area contributed by atoms with E-state index in [0.717, 1.165) is 17.4 Å². The number of hydrogen-bond donors (Lipinski definition) is 1. The molecule has 31 heavy (non-hydrogen) atoms. The van der Waals surface area contributed by atoms with E-state index in [-0.39, 0.29) is 5.91 Å². The van der Waals surface area contributed by atoms with Crippen molar-refractivity contribution in [3.63, 3.8) is 0 Å². The molecule has 1 N–H and O–H groups in total. The van der Waals surface area contributed by atoms with E-state index in [9.17, 15) is 13.2 Å². The number of hydrogen-bond acceptors (Lipinski definition) is 4. The van der Waals surface area contributed by atoms with E-state index in [0.29, 0.717) is 23.5 Å². The molecule has 7 heteroatoms. The number of carbonyl (C=O) groups is 1. The summed E-state index contributed by atoms with van der Waals surface area (Å²) in [6.07, 6.45) is 0.925. The Labute approximate surface area is 183 Å². The Kier molecular flexibility index (Phi) is 6.97. The van der Waals surface area contributed by atoms with Crippen LogP contribution in [0.1, 0.15) is 13.3 Å². The zero-order chi connectivity index (χ0) is 22.4. The molecular formula is C24H26N2O4S. The van der Waals surface area contributed by atoms with Crippen molar-refractivity contribution in [1.29, 1.82) is 0 Å². The van der Waals surface area contributed by atoms with Gasteiger partial charge in [-0.1, -0.05) is 55.5 Å². The predicted molar refractivity (Wildman–Crippen MR) is 125 cm³/mol. The van der Waals surface area contributed by atoms with Crippen LogP contribution in [0.5, 0.6) is 5.75 Å². The van der Waals surface area contributed by atoms with Crippen LogP contribution in [-0.4, -0.2) is 33.7 Å². The molecule has 0 heterocycles. The number of anilines is 2. The van der Waals surface area contributed by atoms with Gasteiger partial charge in [-0.15, -0.1) is 0 Å². The maximum absolute atomic E-state index is 12.9. The van der Waals surface area contributed by atoms with E-state index in [4.69, 9.17) is 4.74 Å². The minimum Gasteiger partial charge on any atom is -0.481 e. The number of nitrogens with one attached hydrogen (secondary N) is 1. The molecule has 0 saturated carbocycles. The van der Waals surface area contributed by atoms with Crippen LogP contribution in [0.25, 0.3) is 11.1 Å². The minimum absolute atomic E-state index is 0.247. The van der Waals surface area contributed by atoms with Gasteiger partial charge in [-0.05, 0) is 42.3 Å². The fourth-order valence-corrected chi connectivity index (χ4v) is 3.59. The van der Waals surface area contributed by atoms with E-state index in [1.54, 1.807) is 24.3 Å². The Morgan fingerprint density at radius 1 is 0.968 bits per heavy atom. The largest absolute Gasteiger partial charge is 0.481 e. The van der Waals surface area contributed by atoms with E-state index in [1.165, 1.54) is 11.4 Å². The molecule has 3 rings (SSSR count). The average Bonchev–Trinajstić information content (AvgIpc) is 2.77. The van der Waals surface area contributed by atoms with Gasteiger partial charge in [0.1, 0.15) is 5.75 Å². The molecule has 1 amide bonds. The zero-order valence-corrected chi connectivity index (χ0v) is 18.6. The van der Waals surface area contributed by atoms with E-state index < -0.39 is 16.1 Å². The van der Waals surface area contributed by atoms with Crippen LogP contribution in [0.2, 0.25) is 0 Å². The van der Waals surface area contributed by atoms with Crippen molar-refractivity contribution >= 4 is 27.3 Å². The third kappa shape index (κ3) is 5.64. The topological polar surface area (TPSA) is 75.7 Å². The highest BCUT2D eigenvalue weighted by Gasteiger charge is 2.20. The van der Waals surface area contributed by atoms with Crippen LogP contribution in [-0.2, 0) is 14.8 Å². The number of ether oxygens (including phenoxy) is 1. The van der Waals surface area contributed by atoms with Gasteiger partial charge in [0, 0.05) is 18.3 Å². The van der Waals surface area contributed by atoms with Gasteiger partial charge in [-0.25, -0.2) is 8.42 Å². The zero-order valence-electron chi connectivity index (χ0n) is 17.8. The molecule has 0 bridgehead atoms. The molecule has 3 aromatic carbocycles. The molecule has 3 aromatic rings. The Morgan fingerprint density at radius 3 is 2.19 bits per heavy atom. The first kappa shape index (κ1) is 22.4. The molecule has 0 aliphatic heterocycles. The Bertz CT molecular complexity index is 1130. The van der Waals surface area contributed by atoms with Gasteiger partial charge in [-0.3, -0.25) is 9.10 Å². The second-order valence-electron chi connectivity index (χ2n) is 7.14. The van der Waals surface area contributed by atoms with Crippen LogP contribution < -0.4 is 14.4 Å². The van der Waals surface area contributed by atoms with Crippen molar-refractivity contribution in [1.82, 2.24) is 0 Å². The molecular weight excluding hydrogens is 412 g/mol. The molecule has 0 aromatic heterocycles. The maximum Gasteiger partial charge on any atom is 0.265 e. The van der Waals surface area contributed by atoms with Crippen molar-refractivity contribution in [2.75, 3.05) is 22.9 Å². The lowest BCUT2D eigenvalue weighted by Gasteiger charge is -2.20. The number of para-hydroxylation sites is 1. The second kappa shape index (κ2) is 9.66. The van der Waals surface area contributed by atoms with Gasteiger partial charge in [0.25, 0.3) is 5.91 Å². The van der Waals surface area contributed by atoms with Gasteiger partial charge in [0.05, 0.1) is 11.9 Å². The smallest absolute Gasteiger partial charge is 0.265 e. The maximum atomic E-state index is 12.9. The number of sulfonamides is 1. The standard InChI is InChI=1S/C24H26N2O4S/c1-4-23(30-20-16-14-19(15-17-20)26(2)31(3,28)29)24(27)25-22-13-9-8-12-21(22)18-10-6-5-7-11-18/h5-17,23H,4H2,1-3H3,(H,25,27). The van der Waals surface area contributed by atoms with Crippen LogP contribution in [0.3, 0.4) is 0 Å². The van der Waals surface area contributed by atoms with E-state index in [2.05, 4.69) is 5.32 Å². The lowest BCUT2D eigenvalue weighted by molar-refractivity contribution is -0.122. The highest BCUT2D eigenvalue weighted by molar-refractivity contribution is 7.92. The Balaban J connectivity index is 1.74. The minimum atomic E-state index is -3.34. The van der Waals surface area contributed by atoms with Crippen molar-refractivity contribution in [3.05, 3.63) is 78.9 Å². The monoisotopic (exact) mass is 438 g/mol. The molecule has 162 valence electrons. The molecule has 0 spiro atoms. The lowest BCUT2D eigenvalue weighted by Crippen LogP contribution is -2.32. The van der Waals surface area contributed by atoms with Crippen molar-refractivity contribution in [3.8, 4) is 16.9 Å². The van der Waals surface area contributed by atoms with E-state index in [1.807, 2.05) is 61.5 Å². The van der Waals surface area contributed by atoms with Crippen molar-refractivity contribution in [2.24, 2.45) is 0 Å². The highest BCUT2D eigenvalue weighted by Crippen LogP contribution is 2.28.